The van der Waals surface area contributed by atoms with Gasteiger partial charge in [-0.15, -0.1) is 0 Å². The van der Waals surface area contributed by atoms with E-state index in [9.17, 15) is 0 Å². The summed E-state index contributed by atoms with van der Waals surface area (Å²) < 4.78 is 2.21. The van der Waals surface area contributed by atoms with Crippen molar-refractivity contribution in [2.75, 3.05) is 5.73 Å². The Kier molecular flexibility index (Phi) is 3.08. The predicted molar refractivity (Wildman–Crippen MR) is 90.6 cm³/mol. The van der Waals surface area contributed by atoms with Gasteiger partial charge in [0.25, 0.3) is 0 Å². The average Bonchev–Trinajstić information content (AvgIpc) is 3.23. The Morgan fingerprint density at radius 1 is 1.17 bits per heavy atom. The van der Waals surface area contributed by atoms with E-state index in [0.29, 0.717) is 11.5 Å². The molecule has 1 aromatic carbocycles. The van der Waals surface area contributed by atoms with E-state index in [0.717, 1.165) is 23.5 Å². The molecule has 0 unspecified atom stereocenters. The Bertz CT molecular complexity index is 968. The lowest BCUT2D eigenvalue weighted by Crippen LogP contribution is -1.98. The third kappa shape index (κ3) is 2.24. The first-order valence-corrected chi connectivity index (χ1v) is 7.48. The second-order valence-electron chi connectivity index (χ2n) is 5.33. The van der Waals surface area contributed by atoms with Gasteiger partial charge in [-0.05, 0) is 31.2 Å². The topological polar surface area (TPSA) is 85.4 Å². The first-order valence-electron chi connectivity index (χ1n) is 7.48. The number of nitrogens with zero attached hydrogens (tertiary/aromatic N) is 4. The molecule has 6 nitrogen and oxygen atoms in total. The molecule has 0 atom stereocenters. The Labute approximate surface area is 133 Å². The number of rotatable bonds is 3. The van der Waals surface area contributed by atoms with Gasteiger partial charge in [-0.25, -0.2) is 4.98 Å². The number of anilines is 1. The van der Waals surface area contributed by atoms with Crippen molar-refractivity contribution >= 4 is 16.7 Å². The lowest BCUT2D eigenvalue weighted by atomic mass is 10.1. The fourth-order valence-electron chi connectivity index (χ4n) is 2.81. The molecular formula is C17H16N6. The van der Waals surface area contributed by atoms with Crippen LogP contribution in [0.25, 0.3) is 33.5 Å². The third-order valence-electron chi connectivity index (χ3n) is 3.92. The predicted octanol–water partition coefficient (Wildman–Crippen LogP) is 3.09. The highest BCUT2D eigenvalue weighted by Gasteiger charge is 2.14. The minimum atomic E-state index is 0.380. The SMILES string of the molecule is CCn1ccc2cc(-c3ncc(N)nc3-c3cc[nH]n3)ccc21. The molecule has 0 aliphatic heterocycles. The minimum absolute atomic E-state index is 0.380. The van der Waals surface area contributed by atoms with Gasteiger partial charge in [0.15, 0.2) is 0 Å². The summed E-state index contributed by atoms with van der Waals surface area (Å²) in [6, 6.07) is 10.3. The largest absolute Gasteiger partial charge is 0.382 e. The van der Waals surface area contributed by atoms with Crippen LogP contribution in [0, 0.1) is 0 Å². The molecule has 0 spiro atoms. The number of fused-ring (bicyclic) bond motifs is 1. The maximum atomic E-state index is 5.81. The van der Waals surface area contributed by atoms with E-state index in [1.165, 1.54) is 10.9 Å². The molecule has 4 rings (SSSR count). The lowest BCUT2D eigenvalue weighted by Gasteiger charge is -2.08. The highest BCUT2D eigenvalue weighted by molar-refractivity contribution is 5.87. The maximum Gasteiger partial charge on any atom is 0.142 e. The molecule has 3 aromatic heterocycles. The zero-order chi connectivity index (χ0) is 15.8. The summed E-state index contributed by atoms with van der Waals surface area (Å²) >= 11 is 0. The van der Waals surface area contributed by atoms with Gasteiger partial charge >= 0.3 is 0 Å². The molecule has 0 aliphatic rings. The number of hydrogen-bond acceptors (Lipinski definition) is 4. The van der Waals surface area contributed by atoms with E-state index in [4.69, 9.17) is 5.73 Å². The number of nitrogens with two attached hydrogens (primary N) is 1. The van der Waals surface area contributed by atoms with Crippen LogP contribution in [0.4, 0.5) is 5.82 Å². The standard InChI is InChI=1S/C17H16N6/c1-2-23-8-6-11-9-12(3-4-14(11)23)16-17(13-5-7-20-22-13)21-15(18)10-19-16/h3-10H,2H2,1H3,(H2,18,21)(H,20,22). The number of aromatic nitrogens is 5. The molecule has 0 bridgehead atoms. The van der Waals surface area contributed by atoms with Crippen LogP contribution in [0.2, 0.25) is 0 Å². The summed E-state index contributed by atoms with van der Waals surface area (Å²) in [6.45, 7) is 3.08. The van der Waals surface area contributed by atoms with E-state index >= 15 is 0 Å². The molecule has 0 aliphatic carbocycles. The van der Waals surface area contributed by atoms with Crippen LogP contribution < -0.4 is 5.73 Å². The van der Waals surface area contributed by atoms with Crippen LogP contribution in [0.15, 0.2) is 48.9 Å². The first-order chi connectivity index (χ1) is 11.3. The van der Waals surface area contributed by atoms with E-state index < -0.39 is 0 Å². The summed E-state index contributed by atoms with van der Waals surface area (Å²) in [5.74, 6) is 0.380. The Morgan fingerprint density at radius 3 is 2.87 bits per heavy atom. The molecule has 3 N–H and O–H groups in total. The van der Waals surface area contributed by atoms with Crippen molar-refractivity contribution in [3.63, 3.8) is 0 Å². The quantitative estimate of drug-likeness (QED) is 0.609. The van der Waals surface area contributed by atoms with Gasteiger partial charge in [-0.2, -0.15) is 5.10 Å². The Hall–Kier alpha value is -3.15. The molecule has 0 fully saturated rings. The number of aryl methyl sites for hydroxylation is 1. The van der Waals surface area contributed by atoms with Gasteiger partial charge in [0.1, 0.15) is 17.2 Å². The summed E-state index contributed by atoms with van der Waals surface area (Å²) in [4.78, 5) is 8.91. The van der Waals surface area contributed by atoms with Crippen LogP contribution in [0.1, 0.15) is 6.92 Å². The summed E-state index contributed by atoms with van der Waals surface area (Å²) in [5, 5.41) is 8.19. The minimum Gasteiger partial charge on any atom is -0.382 e. The summed E-state index contributed by atoms with van der Waals surface area (Å²) in [5.41, 5.74) is 10.2. The number of hydrogen-bond donors (Lipinski definition) is 2. The third-order valence-corrected chi connectivity index (χ3v) is 3.92. The lowest BCUT2D eigenvalue weighted by molar-refractivity contribution is 0.798. The molecule has 6 heteroatoms. The smallest absolute Gasteiger partial charge is 0.142 e. The number of benzene rings is 1. The van der Waals surface area contributed by atoms with Crippen molar-refractivity contribution in [1.82, 2.24) is 24.7 Å². The van der Waals surface area contributed by atoms with Crippen LogP contribution in [0.3, 0.4) is 0 Å². The van der Waals surface area contributed by atoms with E-state index in [1.54, 1.807) is 12.4 Å². The molecule has 3 heterocycles. The van der Waals surface area contributed by atoms with Crippen molar-refractivity contribution in [2.45, 2.75) is 13.5 Å². The summed E-state index contributed by atoms with van der Waals surface area (Å²) in [7, 11) is 0. The summed E-state index contributed by atoms with van der Waals surface area (Å²) in [6.07, 6.45) is 5.43. The normalized spacial score (nSPS) is 11.2. The number of H-pyrrole nitrogens is 1. The molecule has 0 radical (unpaired) electrons. The van der Waals surface area contributed by atoms with Crippen molar-refractivity contribution in [3.05, 3.63) is 48.9 Å². The highest BCUT2D eigenvalue weighted by atomic mass is 15.1. The number of nitrogens with one attached hydrogen (secondary N) is 1. The zero-order valence-corrected chi connectivity index (χ0v) is 12.7. The van der Waals surface area contributed by atoms with Crippen molar-refractivity contribution < 1.29 is 0 Å². The fraction of sp³-hybridized carbons (Fsp3) is 0.118. The molecule has 0 amide bonds. The van der Waals surface area contributed by atoms with Crippen molar-refractivity contribution in [2.24, 2.45) is 0 Å². The van der Waals surface area contributed by atoms with Gasteiger partial charge in [0.2, 0.25) is 0 Å². The Morgan fingerprint density at radius 2 is 2.09 bits per heavy atom. The zero-order valence-electron chi connectivity index (χ0n) is 12.7. The van der Waals surface area contributed by atoms with Crippen LogP contribution in [0.5, 0.6) is 0 Å². The van der Waals surface area contributed by atoms with E-state index in [2.05, 4.69) is 62.1 Å². The van der Waals surface area contributed by atoms with Gasteiger partial charge in [-0.3, -0.25) is 10.1 Å². The van der Waals surface area contributed by atoms with Crippen molar-refractivity contribution in [3.8, 4) is 22.6 Å². The molecule has 4 aromatic rings. The van der Waals surface area contributed by atoms with E-state index in [1.807, 2.05) is 6.07 Å². The van der Waals surface area contributed by atoms with Crippen LogP contribution >= 0.6 is 0 Å². The molecule has 23 heavy (non-hydrogen) atoms. The van der Waals surface area contributed by atoms with Gasteiger partial charge in [0, 0.05) is 35.4 Å². The van der Waals surface area contributed by atoms with Gasteiger partial charge < -0.3 is 10.3 Å². The first kappa shape index (κ1) is 13.5. The second-order valence-corrected chi connectivity index (χ2v) is 5.33. The Balaban J connectivity index is 1.91. The number of aromatic amines is 1. The highest BCUT2D eigenvalue weighted by Crippen LogP contribution is 2.30. The second kappa shape index (κ2) is 5.24. The van der Waals surface area contributed by atoms with E-state index in [-0.39, 0.29) is 0 Å². The fourth-order valence-corrected chi connectivity index (χ4v) is 2.81. The molecule has 114 valence electrons. The monoisotopic (exact) mass is 304 g/mol. The molecular weight excluding hydrogens is 288 g/mol. The maximum absolute atomic E-state index is 5.81. The molecule has 0 saturated carbocycles. The average molecular weight is 304 g/mol. The van der Waals surface area contributed by atoms with Crippen LogP contribution in [-0.4, -0.2) is 24.7 Å². The van der Waals surface area contributed by atoms with Crippen LogP contribution in [-0.2, 0) is 6.54 Å². The van der Waals surface area contributed by atoms with Gasteiger partial charge in [0.05, 0.1) is 11.9 Å². The molecule has 0 saturated heterocycles. The van der Waals surface area contributed by atoms with Crippen molar-refractivity contribution in [1.29, 1.82) is 0 Å². The number of nitrogen functional groups attached to an aromatic ring is 1. The van der Waals surface area contributed by atoms with Gasteiger partial charge in [-0.1, -0.05) is 6.07 Å².